The van der Waals surface area contributed by atoms with Gasteiger partial charge in [-0.1, -0.05) is 76.2 Å². The molecule has 0 unspecified atom stereocenters. The smallest absolute Gasteiger partial charge is 0.225 e. The summed E-state index contributed by atoms with van der Waals surface area (Å²) in [6.07, 6.45) is 5.07. The van der Waals surface area contributed by atoms with Gasteiger partial charge in [-0.3, -0.25) is 4.79 Å². The van der Waals surface area contributed by atoms with E-state index >= 15 is 0 Å². The van der Waals surface area contributed by atoms with Gasteiger partial charge >= 0.3 is 0 Å². The van der Waals surface area contributed by atoms with Gasteiger partial charge < -0.3 is 14.6 Å². The number of benzene rings is 3. The predicted octanol–water partition coefficient (Wildman–Crippen LogP) is 7.06. The predicted molar refractivity (Wildman–Crippen MR) is 144 cm³/mol. The second kappa shape index (κ2) is 9.65. The molecule has 3 aromatic carbocycles. The molecule has 0 aliphatic carbocycles. The molecule has 1 aliphatic heterocycles. The number of amides is 1. The van der Waals surface area contributed by atoms with Crippen LogP contribution < -0.4 is 10.1 Å². The zero-order chi connectivity index (χ0) is 25.3. The Bertz CT molecular complexity index is 1350. The monoisotopic (exact) mass is 479 g/mol. The summed E-state index contributed by atoms with van der Waals surface area (Å²) in [7, 11) is 0. The molecule has 0 atom stereocenters. The van der Waals surface area contributed by atoms with E-state index in [2.05, 4.69) is 72.9 Å². The lowest BCUT2D eigenvalue weighted by Crippen LogP contribution is -2.22. The summed E-state index contributed by atoms with van der Waals surface area (Å²) in [4.78, 5) is 18.0. The highest BCUT2D eigenvalue weighted by atomic mass is 16.5. The van der Waals surface area contributed by atoms with Crippen molar-refractivity contribution >= 4 is 11.6 Å². The molecule has 4 aromatic rings. The minimum atomic E-state index is -0.109. The van der Waals surface area contributed by atoms with Gasteiger partial charge in [-0.2, -0.15) is 0 Å². The highest BCUT2D eigenvalue weighted by molar-refractivity contribution is 5.93. The van der Waals surface area contributed by atoms with Gasteiger partial charge in [-0.25, -0.2) is 4.98 Å². The van der Waals surface area contributed by atoms with Crippen LogP contribution in [0.4, 0.5) is 5.69 Å². The minimum absolute atomic E-state index is 0.00830. The maximum atomic E-state index is 13.5. The lowest BCUT2D eigenvalue weighted by Gasteiger charge is -2.28. The molecule has 36 heavy (non-hydrogen) atoms. The fourth-order valence-corrected chi connectivity index (χ4v) is 5.06. The van der Waals surface area contributed by atoms with Crippen molar-refractivity contribution in [3.63, 3.8) is 0 Å². The van der Waals surface area contributed by atoms with E-state index in [1.54, 1.807) is 0 Å². The second-order valence-corrected chi connectivity index (χ2v) is 10.4. The van der Waals surface area contributed by atoms with E-state index in [1.807, 2.05) is 48.8 Å². The van der Waals surface area contributed by atoms with E-state index in [9.17, 15) is 4.79 Å². The van der Waals surface area contributed by atoms with Crippen molar-refractivity contribution in [2.75, 3.05) is 5.32 Å². The maximum absolute atomic E-state index is 13.5. The Kier molecular flexibility index (Phi) is 6.40. The van der Waals surface area contributed by atoms with E-state index in [1.165, 1.54) is 0 Å². The number of hydrogen-bond donors (Lipinski definition) is 1. The number of carbonyl (C=O) groups is 1. The first-order chi connectivity index (χ1) is 17.3. The third kappa shape index (κ3) is 4.78. The van der Waals surface area contributed by atoms with Crippen molar-refractivity contribution in [2.45, 2.75) is 58.4 Å². The third-order valence-electron chi connectivity index (χ3n) is 6.84. The number of aryl methyl sites for hydroxylation is 1. The highest BCUT2D eigenvalue weighted by Crippen LogP contribution is 2.45. The molecule has 5 rings (SSSR count). The first-order valence-electron chi connectivity index (χ1n) is 12.6. The molecule has 0 bridgehead atoms. The number of fused-ring (bicyclic) bond motifs is 2. The van der Waals surface area contributed by atoms with Gasteiger partial charge in [0.1, 0.15) is 17.3 Å². The molecular formula is C31H33N3O2. The Hall–Kier alpha value is -3.86. The van der Waals surface area contributed by atoms with Crippen molar-refractivity contribution in [1.82, 2.24) is 9.55 Å². The van der Waals surface area contributed by atoms with Gasteiger partial charge in [-0.15, -0.1) is 0 Å². The Morgan fingerprint density at radius 3 is 2.31 bits per heavy atom. The maximum Gasteiger partial charge on any atom is 0.225 e. The summed E-state index contributed by atoms with van der Waals surface area (Å²) in [5.41, 5.74) is 5.10. The number of rotatable bonds is 6. The lowest BCUT2D eigenvalue weighted by atomic mass is 9.84. The quantitative estimate of drug-likeness (QED) is 0.322. The largest absolute Gasteiger partial charge is 0.457 e. The number of para-hydroxylation sites is 2. The molecule has 1 amide bonds. The van der Waals surface area contributed by atoms with Crippen molar-refractivity contribution in [3.05, 3.63) is 107 Å². The van der Waals surface area contributed by atoms with Crippen LogP contribution in [0.1, 0.15) is 68.1 Å². The Balaban J connectivity index is 1.43. The van der Waals surface area contributed by atoms with Gasteiger partial charge in [0.2, 0.25) is 5.91 Å². The molecule has 184 valence electrons. The van der Waals surface area contributed by atoms with Gasteiger partial charge in [0, 0.05) is 54.5 Å². The van der Waals surface area contributed by atoms with Gasteiger partial charge in [-0.05, 0) is 34.7 Å². The van der Waals surface area contributed by atoms with Crippen LogP contribution in [0.5, 0.6) is 11.5 Å². The number of nitrogens with one attached hydrogen (secondary N) is 1. The van der Waals surface area contributed by atoms with E-state index in [0.717, 1.165) is 58.2 Å². The van der Waals surface area contributed by atoms with Crippen LogP contribution in [0.25, 0.3) is 0 Å². The molecular weight excluding hydrogens is 446 g/mol. The number of anilines is 1. The SMILES string of the molecule is CCc1nccn1Cc1ccc(C(C)(C)C)c(NC(=O)CC2c3ccccc3Oc3ccccc32)c1. The zero-order valence-electron chi connectivity index (χ0n) is 21.4. The zero-order valence-corrected chi connectivity index (χ0v) is 21.4. The molecule has 0 fully saturated rings. The summed E-state index contributed by atoms with van der Waals surface area (Å²) in [5, 5.41) is 3.27. The van der Waals surface area contributed by atoms with Crippen LogP contribution in [0.15, 0.2) is 79.1 Å². The minimum Gasteiger partial charge on any atom is -0.457 e. The molecule has 1 N–H and O–H groups in total. The van der Waals surface area contributed by atoms with E-state index in [0.29, 0.717) is 6.42 Å². The number of imidazole rings is 1. The molecule has 5 heteroatoms. The Morgan fingerprint density at radius 2 is 1.67 bits per heavy atom. The van der Waals surface area contributed by atoms with Gasteiger partial charge in [0.15, 0.2) is 0 Å². The Labute approximate surface area is 213 Å². The molecule has 0 saturated carbocycles. The fraction of sp³-hybridized carbons (Fsp3) is 0.290. The van der Waals surface area contributed by atoms with Crippen LogP contribution in [-0.2, 0) is 23.2 Å². The summed E-state index contributed by atoms with van der Waals surface area (Å²) in [5.74, 6) is 2.62. The number of aromatic nitrogens is 2. The Morgan fingerprint density at radius 1 is 1.00 bits per heavy atom. The van der Waals surface area contributed by atoms with Crippen LogP contribution in [-0.4, -0.2) is 15.5 Å². The number of ether oxygens (including phenoxy) is 1. The first-order valence-corrected chi connectivity index (χ1v) is 12.6. The first kappa shape index (κ1) is 23.9. The number of carbonyl (C=O) groups excluding carboxylic acids is 1. The van der Waals surface area contributed by atoms with E-state index in [-0.39, 0.29) is 17.2 Å². The summed E-state index contributed by atoms with van der Waals surface area (Å²) in [6.45, 7) is 9.35. The molecule has 0 spiro atoms. The standard InChI is InChI=1S/C31H33N3O2/c1-5-29-32-16-17-34(29)20-21-14-15-25(31(2,3)4)26(18-21)33-30(35)19-24-22-10-6-8-12-27(22)36-28-13-9-7-11-23(24)28/h6-18,24H,5,19-20H2,1-4H3,(H,33,35). The summed E-state index contributed by atoms with van der Waals surface area (Å²) in [6, 6.07) is 22.4. The molecule has 2 heterocycles. The van der Waals surface area contributed by atoms with Crippen molar-refractivity contribution in [2.24, 2.45) is 0 Å². The van der Waals surface area contributed by atoms with E-state index < -0.39 is 0 Å². The normalized spacial score (nSPS) is 13.0. The average molecular weight is 480 g/mol. The summed E-state index contributed by atoms with van der Waals surface area (Å²) < 4.78 is 8.28. The van der Waals surface area contributed by atoms with Crippen molar-refractivity contribution < 1.29 is 9.53 Å². The second-order valence-electron chi connectivity index (χ2n) is 10.4. The molecule has 1 aliphatic rings. The average Bonchev–Trinajstić information content (AvgIpc) is 3.30. The summed E-state index contributed by atoms with van der Waals surface area (Å²) >= 11 is 0. The van der Waals surface area contributed by atoms with Crippen molar-refractivity contribution in [1.29, 1.82) is 0 Å². The fourth-order valence-electron chi connectivity index (χ4n) is 5.06. The molecule has 1 aromatic heterocycles. The van der Waals surface area contributed by atoms with Crippen LogP contribution >= 0.6 is 0 Å². The van der Waals surface area contributed by atoms with Gasteiger partial charge in [0.05, 0.1) is 0 Å². The van der Waals surface area contributed by atoms with Crippen LogP contribution in [0.2, 0.25) is 0 Å². The van der Waals surface area contributed by atoms with Crippen molar-refractivity contribution in [3.8, 4) is 11.5 Å². The number of nitrogens with zero attached hydrogens (tertiary/aromatic N) is 2. The third-order valence-corrected chi connectivity index (χ3v) is 6.84. The molecule has 5 nitrogen and oxygen atoms in total. The van der Waals surface area contributed by atoms with Crippen LogP contribution in [0.3, 0.4) is 0 Å². The topological polar surface area (TPSA) is 56.2 Å². The molecule has 0 radical (unpaired) electrons. The number of hydrogen-bond acceptors (Lipinski definition) is 3. The van der Waals surface area contributed by atoms with E-state index in [4.69, 9.17) is 4.74 Å². The van der Waals surface area contributed by atoms with Gasteiger partial charge in [0.25, 0.3) is 0 Å². The highest BCUT2D eigenvalue weighted by Gasteiger charge is 2.29. The lowest BCUT2D eigenvalue weighted by molar-refractivity contribution is -0.116. The molecule has 0 saturated heterocycles. The van der Waals surface area contributed by atoms with Crippen LogP contribution in [0, 0.1) is 0 Å².